The van der Waals surface area contributed by atoms with E-state index in [0.29, 0.717) is 41.3 Å². The minimum atomic E-state index is -0.299. The maximum Gasteiger partial charge on any atom is 0.255 e. The number of anilines is 1. The van der Waals surface area contributed by atoms with Gasteiger partial charge in [0, 0.05) is 24.7 Å². The molecule has 0 aliphatic rings. The summed E-state index contributed by atoms with van der Waals surface area (Å²) in [5.41, 5.74) is 2.05. The van der Waals surface area contributed by atoms with Crippen molar-refractivity contribution >= 4 is 17.5 Å². The summed E-state index contributed by atoms with van der Waals surface area (Å²) >= 11 is 0. The summed E-state index contributed by atoms with van der Waals surface area (Å²) in [5, 5.41) is 5.42. The molecule has 0 aliphatic heterocycles. The summed E-state index contributed by atoms with van der Waals surface area (Å²) in [6, 6.07) is 10.6. The van der Waals surface area contributed by atoms with Gasteiger partial charge in [0.15, 0.2) is 11.5 Å². The number of aryl methyl sites for hydroxylation is 1. The van der Waals surface area contributed by atoms with Crippen molar-refractivity contribution in [2.75, 3.05) is 33.7 Å². The Bertz CT molecular complexity index is 778. The molecule has 27 heavy (non-hydrogen) atoms. The Labute approximate surface area is 158 Å². The van der Waals surface area contributed by atoms with Gasteiger partial charge in [0.1, 0.15) is 0 Å². The van der Waals surface area contributed by atoms with E-state index in [1.54, 1.807) is 31.3 Å². The molecule has 0 aliphatic carbocycles. The second-order valence-corrected chi connectivity index (χ2v) is 5.74. The molecule has 2 aromatic rings. The monoisotopic (exact) mass is 372 g/mol. The van der Waals surface area contributed by atoms with Gasteiger partial charge in [0.05, 0.1) is 21.3 Å². The lowest BCUT2D eigenvalue weighted by molar-refractivity contribution is -0.120. The molecule has 0 bridgehead atoms. The van der Waals surface area contributed by atoms with Crippen LogP contribution in [0.15, 0.2) is 36.4 Å². The van der Waals surface area contributed by atoms with Crippen molar-refractivity contribution < 1.29 is 23.8 Å². The van der Waals surface area contributed by atoms with Crippen LogP contribution >= 0.6 is 0 Å². The number of methoxy groups -OCH3 is 3. The topological polar surface area (TPSA) is 85.9 Å². The zero-order valence-electron chi connectivity index (χ0n) is 15.9. The summed E-state index contributed by atoms with van der Waals surface area (Å²) < 4.78 is 15.8. The van der Waals surface area contributed by atoms with Crippen molar-refractivity contribution in [3.05, 3.63) is 47.5 Å². The molecule has 0 atom stereocenters. The Morgan fingerprint density at radius 2 is 1.52 bits per heavy atom. The van der Waals surface area contributed by atoms with Gasteiger partial charge in [-0.05, 0) is 36.2 Å². The number of nitrogens with one attached hydrogen (secondary N) is 2. The predicted molar refractivity (Wildman–Crippen MR) is 103 cm³/mol. The molecule has 0 radical (unpaired) electrons. The van der Waals surface area contributed by atoms with E-state index in [4.69, 9.17) is 14.2 Å². The molecule has 144 valence electrons. The van der Waals surface area contributed by atoms with E-state index in [2.05, 4.69) is 10.6 Å². The Kier molecular flexibility index (Phi) is 7.05. The quantitative estimate of drug-likeness (QED) is 0.744. The van der Waals surface area contributed by atoms with E-state index in [1.807, 2.05) is 12.1 Å². The lowest BCUT2D eigenvalue weighted by atomic mass is 10.1. The number of amides is 2. The molecule has 7 nitrogen and oxygen atoms in total. The first-order valence-corrected chi connectivity index (χ1v) is 8.43. The fourth-order valence-corrected chi connectivity index (χ4v) is 2.55. The summed E-state index contributed by atoms with van der Waals surface area (Å²) in [6.07, 6.45) is 1.06. The predicted octanol–water partition coefficient (Wildman–Crippen LogP) is 2.64. The molecular formula is C20H24N2O5. The fraction of sp³-hybridized carbons (Fsp3) is 0.300. The second kappa shape index (κ2) is 9.47. The summed E-state index contributed by atoms with van der Waals surface area (Å²) in [7, 11) is 6.11. The number of hydrogen-bond acceptors (Lipinski definition) is 5. The molecule has 0 heterocycles. The zero-order valence-corrected chi connectivity index (χ0v) is 15.9. The van der Waals surface area contributed by atoms with Gasteiger partial charge in [-0.15, -0.1) is 0 Å². The summed E-state index contributed by atoms with van der Waals surface area (Å²) in [5.74, 6) is 0.942. The smallest absolute Gasteiger partial charge is 0.255 e. The van der Waals surface area contributed by atoms with Crippen molar-refractivity contribution in [3.8, 4) is 17.2 Å². The third-order valence-electron chi connectivity index (χ3n) is 4.06. The first kappa shape index (κ1) is 20.1. The average molecular weight is 372 g/mol. The number of carbonyl (C=O) groups is 2. The largest absolute Gasteiger partial charge is 0.493 e. The van der Waals surface area contributed by atoms with Crippen LogP contribution in [-0.4, -0.2) is 40.2 Å². The van der Waals surface area contributed by atoms with Gasteiger partial charge < -0.3 is 24.8 Å². The van der Waals surface area contributed by atoms with Crippen LogP contribution in [0.4, 0.5) is 5.69 Å². The standard InChI is InChI=1S/C20H24N2O5/c1-21-18(23)10-7-13-5-8-15(9-6-13)22-20(24)14-11-16(25-2)19(27-4)17(12-14)26-3/h5-6,8-9,11-12H,7,10H2,1-4H3,(H,21,23)(H,22,24). The molecule has 2 N–H and O–H groups in total. The zero-order chi connectivity index (χ0) is 19.8. The van der Waals surface area contributed by atoms with E-state index < -0.39 is 0 Å². The molecule has 0 unspecified atom stereocenters. The highest BCUT2D eigenvalue weighted by molar-refractivity contribution is 6.05. The minimum absolute atomic E-state index is 0.00483. The molecule has 0 spiro atoms. The third-order valence-corrected chi connectivity index (χ3v) is 4.06. The van der Waals surface area contributed by atoms with Crippen LogP contribution in [0.2, 0.25) is 0 Å². The van der Waals surface area contributed by atoms with Gasteiger partial charge in [0.25, 0.3) is 5.91 Å². The maximum absolute atomic E-state index is 12.6. The van der Waals surface area contributed by atoms with Crippen molar-refractivity contribution in [2.45, 2.75) is 12.8 Å². The van der Waals surface area contributed by atoms with Gasteiger partial charge in [-0.1, -0.05) is 12.1 Å². The van der Waals surface area contributed by atoms with Crippen LogP contribution in [-0.2, 0) is 11.2 Å². The Hall–Kier alpha value is -3.22. The number of carbonyl (C=O) groups excluding carboxylic acids is 2. The van der Waals surface area contributed by atoms with Gasteiger partial charge in [0.2, 0.25) is 11.7 Å². The SMILES string of the molecule is CNC(=O)CCc1ccc(NC(=O)c2cc(OC)c(OC)c(OC)c2)cc1. The van der Waals surface area contributed by atoms with Gasteiger partial charge in [-0.2, -0.15) is 0 Å². The van der Waals surface area contributed by atoms with Crippen LogP contribution in [0.5, 0.6) is 17.2 Å². The third kappa shape index (κ3) is 5.13. The lowest BCUT2D eigenvalue weighted by Crippen LogP contribution is -2.17. The highest BCUT2D eigenvalue weighted by Crippen LogP contribution is 2.38. The van der Waals surface area contributed by atoms with E-state index in [-0.39, 0.29) is 11.8 Å². The van der Waals surface area contributed by atoms with E-state index in [1.165, 1.54) is 21.3 Å². The first-order valence-electron chi connectivity index (χ1n) is 8.43. The van der Waals surface area contributed by atoms with Gasteiger partial charge in [-0.3, -0.25) is 9.59 Å². The van der Waals surface area contributed by atoms with Crippen molar-refractivity contribution in [3.63, 3.8) is 0 Å². The number of benzene rings is 2. The Balaban J connectivity index is 2.11. The highest BCUT2D eigenvalue weighted by atomic mass is 16.5. The fourth-order valence-electron chi connectivity index (χ4n) is 2.55. The first-order chi connectivity index (χ1) is 13.0. The van der Waals surface area contributed by atoms with Crippen LogP contribution in [0.25, 0.3) is 0 Å². The lowest BCUT2D eigenvalue weighted by Gasteiger charge is -2.14. The molecule has 2 amide bonds. The Morgan fingerprint density at radius 1 is 0.926 bits per heavy atom. The summed E-state index contributed by atoms with van der Waals surface area (Å²) in [6.45, 7) is 0. The van der Waals surface area contributed by atoms with Gasteiger partial charge >= 0.3 is 0 Å². The van der Waals surface area contributed by atoms with Crippen LogP contribution in [0.3, 0.4) is 0 Å². The maximum atomic E-state index is 12.6. The minimum Gasteiger partial charge on any atom is -0.493 e. The molecule has 2 rings (SSSR count). The molecular weight excluding hydrogens is 348 g/mol. The molecule has 0 fully saturated rings. The number of rotatable bonds is 8. The van der Waals surface area contributed by atoms with Crippen LogP contribution in [0.1, 0.15) is 22.3 Å². The van der Waals surface area contributed by atoms with Crippen LogP contribution in [0, 0.1) is 0 Å². The summed E-state index contributed by atoms with van der Waals surface area (Å²) in [4.78, 5) is 23.9. The van der Waals surface area contributed by atoms with Crippen LogP contribution < -0.4 is 24.8 Å². The van der Waals surface area contributed by atoms with E-state index in [9.17, 15) is 9.59 Å². The number of ether oxygens (including phenoxy) is 3. The molecule has 0 saturated heterocycles. The molecule has 7 heteroatoms. The number of hydrogen-bond donors (Lipinski definition) is 2. The Morgan fingerprint density at radius 3 is 2.00 bits per heavy atom. The van der Waals surface area contributed by atoms with Crippen molar-refractivity contribution in [1.29, 1.82) is 0 Å². The van der Waals surface area contributed by atoms with E-state index in [0.717, 1.165) is 5.56 Å². The second-order valence-electron chi connectivity index (χ2n) is 5.74. The van der Waals surface area contributed by atoms with Crippen molar-refractivity contribution in [1.82, 2.24) is 5.32 Å². The average Bonchev–Trinajstić information content (AvgIpc) is 2.71. The molecule has 0 saturated carbocycles. The highest BCUT2D eigenvalue weighted by Gasteiger charge is 2.17. The molecule has 0 aromatic heterocycles. The molecule has 2 aromatic carbocycles. The van der Waals surface area contributed by atoms with Gasteiger partial charge in [-0.25, -0.2) is 0 Å². The van der Waals surface area contributed by atoms with E-state index >= 15 is 0 Å². The van der Waals surface area contributed by atoms with Crippen molar-refractivity contribution in [2.24, 2.45) is 0 Å². The normalized spacial score (nSPS) is 10.1.